The van der Waals surface area contributed by atoms with E-state index in [2.05, 4.69) is 27.4 Å². The lowest BCUT2D eigenvalue weighted by Crippen LogP contribution is -2.49. The van der Waals surface area contributed by atoms with E-state index in [1.807, 2.05) is 0 Å². The minimum atomic E-state index is 0.545. The van der Waals surface area contributed by atoms with Crippen LogP contribution in [0, 0.1) is 5.92 Å². The van der Waals surface area contributed by atoms with Crippen LogP contribution in [0.15, 0.2) is 4.99 Å². The minimum Gasteiger partial charge on any atom is -0.385 e. The molecule has 1 unspecified atom stereocenters. The zero-order valence-electron chi connectivity index (χ0n) is 19.7. The van der Waals surface area contributed by atoms with Crippen LogP contribution in [-0.2, 0) is 4.74 Å². The van der Waals surface area contributed by atoms with Gasteiger partial charge in [-0.15, -0.1) is 0 Å². The van der Waals surface area contributed by atoms with Crippen LogP contribution < -0.4 is 10.6 Å². The van der Waals surface area contributed by atoms with E-state index in [0.717, 1.165) is 44.5 Å². The molecule has 174 valence electrons. The molecule has 2 heterocycles. The van der Waals surface area contributed by atoms with Gasteiger partial charge in [-0.2, -0.15) is 0 Å². The van der Waals surface area contributed by atoms with Crippen LogP contribution in [0.25, 0.3) is 0 Å². The Balaban J connectivity index is 1.42. The number of ether oxygens (including phenoxy) is 1. The van der Waals surface area contributed by atoms with Gasteiger partial charge < -0.3 is 20.3 Å². The van der Waals surface area contributed by atoms with Gasteiger partial charge in [-0.3, -0.25) is 9.89 Å². The van der Waals surface area contributed by atoms with Crippen LogP contribution in [0.3, 0.4) is 0 Å². The van der Waals surface area contributed by atoms with Gasteiger partial charge in [-0.25, -0.2) is 0 Å². The number of likely N-dealkylation sites (tertiary alicyclic amines) is 2. The van der Waals surface area contributed by atoms with E-state index >= 15 is 0 Å². The molecule has 2 N–H and O–H groups in total. The van der Waals surface area contributed by atoms with E-state index in [4.69, 9.17) is 9.73 Å². The average molecular weight is 422 g/mol. The number of piperidine rings is 1. The Hall–Kier alpha value is -0.850. The lowest BCUT2D eigenvalue weighted by Gasteiger charge is -2.33. The molecule has 3 aliphatic rings. The molecule has 0 aromatic rings. The number of methoxy groups -OCH3 is 1. The fourth-order valence-corrected chi connectivity index (χ4v) is 5.49. The first-order valence-electron chi connectivity index (χ1n) is 12.8. The fourth-order valence-electron chi connectivity index (χ4n) is 5.49. The molecule has 6 nitrogen and oxygen atoms in total. The Labute approximate surface area is 185 Å². The van der Waals surface area contributed by atoms with Gasteiger partial charge in [0.15, 0.2) is 5.96 Å². The molecule has 0 amide bonds. The van der Waals surface area contributed by atoms with E-state index in [-0.39, 0.29) is 0 Å². The Morgan fingerprint density at radius 1 is 1.00 bits per heavy atom. The second-order valence-electron chi connectivity index (χ2n) is 9.62. The van der Waals surface area contributed by atoms with Crippen LogP contribution in [0.5, 0.6) is 0 Å². The summed E-state index contributed by atoms with van der Waals surface area (Å²) in [5, 5.41) is 7.23. The summed E-state index contributed by atoms with van der Waals surface area (Å²) < 4.78 is 5.19. The maximum absolute atomic E-state index is 5.19. The predicted molar refractivity (Wildman–Crippen MR) is 126 cm³/mol. The van der Waals surface area contributed by atoms with E-state index in [0.29, 0.717) is 12.1 Å². The summed E-state index contributed by atoms with van der Waals surface area (Å²) in [5.74, 6) is 1.96. The third-order valence-electron chi connectivity index (χ3n) is 7.27. The van der Waals surface area contributed by atoms with Gasteiger partial charge in [-0.1, -0.05) is 19.3 Å². The first-order valence-corrected chi connectivity index (χ1v) is 12.8. The topological polar surface area (TPSA) is 52.1 Å². The highest BCUT2D eigenvalue weighted by Crippen LogP contribution is 2.27. The smallest absolute Gasteiger partial charge is 0.191 e. The van der Waals surface area contributed by atoms with Gasteiger partial charge in [0.25, 0.3) is 0 Å². The molecule has 1 aliphatic carbocycles. The fraction of sp³-hybridized carbons (Fsp3) is 0.958. The summed E-state index contributed by atoms with van der Waals surface area (Å²) in [6, 6.07) is 1.19. The molecule has 0 bridgehead atoms. The number of hydrogen-bond donors (Lipinski definition) is 2. The third kappa shape index (κ3) is 8.01. The minimum absolute atomic E-state index is 0.545. The number of nitrogens with zero attached hydrogens (tertiary/aromatic N) is 3. The molecule has 3 fully saturated rings. The lowest BCUT2D eigenvalue weighted by molar-refractivity contribution is 0.155. The number of rotatable bonds is 10. The molecule has 6 heteroatoms. The summed E-state index contributed by atoms with van der Waals surface area (Å²) in [6.07, 6.45) is 13.4. The molecule has 2 saturated heterocycles. The van der Waals surface area contributed by atoms with Gasteiger partial charge >= 0.3 is 0 Å². The summed E-state index contributed by atoms with van der Waals surface area (Å²) >= 11 is 0. The highest BCUT2D eigenvalue weighted by atomic mass is 16.5. The predicted octanol–water partition coefficient (Wildman–Crippen LogP) is 3.09. The normalized spacial score (nSPS) is 25.7. The Kier molecular flexibility index (Phi) is 10.7. The Morgan fingerprint density at radius 3 is 2.53 bits per heavy atom. The van der Waals surface area contributed by atoms with Crippen molar-refractivity contribution in [2.75, 3.05) is 59.5 Å². The molecule has 2 aliphatic heterocycles. The zero-order chi connectivity index (χ0) is 21.0. The van der Waals surface area contributed by atoms with Gasteiger partial charge in [0.1, 0.15) is 0 Å². The van der Waals surface area contributed by atoms with Crippen LogP contribution in [0.2, 0.25) is 0 Å². The van der Waals surface area contributed by atoms with Crippen molar-refractivity contribution in [3.8, 4) is 0 Å². The first kappa shape index (κ1) is 23.8. The second kappa shape index (κ2) is 13.5. The molecule has 0 aromatic heterocycles. The molecule has 0 aromatic carbocycles. The molecule has 3 rings (SSSR count). The Morgan fingerprint density at radius 2 is 1.80 bits per heavy atom. The SMILES string of the molecule is CCNC(=NCC1CCCN1CC1CCCCC1)NC1CCN(CCCOC)CC1. The molecule has 1 atom stereocenters. The Bertz CT molecular complexity index is 486. The second-order valence-corrected chi connectivity index (χ2v) is 9.62. The number of aliphatic imine (C=N–C) groups is 1. The quantitative estimate of drug-likeness (QED) is 0.323. The van der Waals surface area contributed by atoms with E-state index in [9.17, 15) is 0 Å². The zero-order valence-corrected chi connectivity index (χ0v) is 19.7. The van der Waals surface area contributed by atoms with Crippen molar-refractivity contribution < 1.29 is 4.74 Å². The standard InChI is InChI=1S/C24H47N5O/c1-3-25-24(27-22-12-16-28(17-13-22)14-8-18-30-2)26-19-23-11-7-15-29(23)20-21-9-5-4-6-10-21/h21-23H,3-20H2,1-2H3,(H2,25,26,27). The first-order chi connectivity index (χ1) is 14.8. The molecular weight excluding hydrogens is 374 g/mol. The highest BCUT2D eigenvalue weighted by Gasteiger charge is 2.27. The summed E-state index contributed by atoms with van der Waals surface area (Å²) in [4.78, 5) is 10.4. The van der Waals surface area contributed by atoms with Crippen LogP contribution in [0.4, 0.5) is 0 Å². The van der Waals surface area contributed by atoms with E-state index in [1.165, 1.54) is 84.0 Å². The monoisotopic (exact) mass is 421 g/mol. The van der Waals surface area contributed by atoms with E-state index in [1.54, 1.807) is 7.11 Å². The van der Waals surface area contributed by atoms with Crippen molar-refractivity contribution in [2.45, 2.75) is 83.2 Å². The van der Waals surface area contributed by atoms with Crippen molar-refractivity contribution in [3.05, 3.63) is 0 Å². The maximum atomic E-state index is 5.19. The van der Waals surface area contributed by atoms with Gasteiger partial charge in [0.2, 0.25) is 0 Å². The van der Waals surface area contributed by atoms with Crippen LogP contribution in [0.1, 0.15) is 71.1 Å². The maximum Gasteiger partial charge on any atom is 0.191 e. The number of guanidine groups is 1. The number of hydrogen-bond acceptors (Lipinski definition) is 4. The summed E-state index contributed by atoms with van der Waals surface area (Å²) in [5.41, 5.74) is 0. The van der Waals surface area contributed by atoms with Crippen molar-refractivity contribution in [3.63, 3.8) is 0 Å². The molecule has 0 spiro atoms. The number of nitrogens with one attached hydrogen (secondary N) is 2. The van der Waals surface area contributed by atoms with Crippen LogP contribution in [-0.4, -0.2) is 87.4 Å². The van der Waals surface area contributed by atoms with Gasteiger partial charge in [-0.05, 0) is 64.3 Å². The van der Waals surface area contributed by atoms with Crippen LogP contribution >= 0.6 is 0 Å². The van der Waals surface area contributed by atoms with Crippen molar-refractivity contribution in [2.24, 2.45) is 10.9 Å². The van der Waals surface area contributed by atoms with Crippen molar-refractivity contribution >= 4 is 5.96 Å². The lowest BCUT2D eigenvalue weighted by atomic mass is 9.89. The van der Waals surface area contributed by atoms with E-state index < -0.39 is 0 Å². The summed E-state index contributed by atoms with van der Waals surface area (Å²) in [7, 11) is 1.79. The average Bonchev–Trinajstić information content (AvgIpc) is 3.21. The highest BCUT2D eigenvalue weighted by molar-refractivity contribution is 5.80. The largest absolute Gasteiger partial charge is 0.385 e. The molecule has 1 saturated carbocycles. The van der Waals surface area contributed by atoms with Crippen molar-refractivity contribution in [1.82, 2.24) is 20.4 Å². The van der Waals surface area contributed by atoms with Gasteiger partial charge in [0.05, 0.1) is 6.54 Å². The summed E-state index contributed by atoms with van der Waals surface area (Å²) in [6.45, 7) is 11.0. The third-order valence-corrected chi connectivity index (χ3v) is 7.27. The van der Waals surface area contributed by atoms with Gasteiger partial charge in [0, 0.05) is 58.5 Å². The molecular formula is C24H47N5O. The van der Waals surface area contributed by atoms with Crippen molar-refractivity contribution in [1.29, 1.82) is 0 Å². The molecule has 0 radical (unpaired) electrons. The molecule has 30 heavy (non-hydrogen) atoms.